The molecule has 23 heavy (non-hydrogen) atoms. The van der Waals surface area contributed by atoms with Crippen LogP contribution in [0.2, 0.25) is 0 Å². The number of carbonyl (C=O) groups is 2. The summed E-state index contributed by atoms with van der Waals surface area (Å²) in [4.78, 5) is 26.0. The summed E-state index contributed by atoms with van der Waals surface area (Å²) in [6, 6.07) is 8.17. The van der Waals surface area contributed by atoms with Crippen molar-refractivity contribution in [1.82, 2.24) is 10.6 Å². The Morgan fingerprint density at radius 2 is 2.17 bits per heavy atom. The van der Waals surface area contributed by atoms with E-state index in [-0.39, 0.29) is 36.8 Å². The molecule has 1 saturated heterocycles. The van der Waals surface area contributed by atoms with Crippen molar-refractivity contribution in [3.8, 4) is 0 Å². The summed E-state index contributed by atoms with van der Waals surface area (Å²) in [5.74, 6) is 1.97. The smallest absolute Gasteiger partial charge is 0.246 e. The topological polar surface area (TPSA) is 61.4 Å². The Morgan fingerprint density at radius 3 is 2.96 bits per heavy atom. The van der Waals surface area contributed by atoms with Crippen LogP contribution in [0.3, 0.4) is 0 Å². The van der Waals surface area contributed by atoms with E-state index < -0.39 is 0 Å². The summed E-state index contributed by atoms with van der Waals surface area (Å²) in [6.07, 6.45) is 1.33. The van der Waals surface area contributed by atoms with Crippen LogP contribution in [0.25, 0.3) is 0 Å². The Hall–Kier alpha value is -1.24. The maximum absolute atomic E-state index is 12.3. The Balaban J connectivity index is 0.00000192. The minimum Gasteiger partial charge on any atom is -0.347 e. The molecule has 2 heterocycles. The third kappa shape index (κ3) is 4.62. The largest absolute Gasteiger partial charge is 0.347 e. The zero-order valence-electron chi connectivity index (χ0n) is 12.9. The number of anilines is 1. The standard InChI is InChI=1S/C16H21N3O2S.ClH/c20-15(9-13-11-22-8-6-17-13)18-10-16(21)19-7-5-12-3-1-2-4-14(12)19;/h1-4,13,17H,5-11H2,(H,18,20);1H. The number of thioether (sulfide) groups is 1. The fourth-order valence-electron chi connectivity index (χ4n) is 2.91. The summed E-state index contributed by atoms with van der Waals surface area (Å²) >= 11 is 1.86. The number of para-hydroxylation sites is 1. The third-order valence-corrected chi connectivity index (χ3v) is 5.19. The number of fused-ring (bicyclic) bond motifs is 1. The summed E-state index contributed by atoms with van der Waals surface area (Å²) < 4.78 is 0. The number of nitrogens with one attached hydrogen (secondary N) is 2. The van der Waals surface area contributed by atoms with E-state index in [9.17, 15) is 9.59 Å². The van der Waals surface area contributed by atoms with Gasteiger partial charge in [0.25, 0.3) is 0 Å². The van der Waals surface area contributed by atoms with Crippen LogP contribution in [0.1, 0.15) is 12.0 Å². The molecule has 0 aromatic heterocycles. The van der Waals surface area contributed by atoms with E-state index in [2.05, 4.69) is 10.6 Å². The lowest BCUT2D eigenvalue weighted by Gasteiger charge is -2.23. The van der Waals surface area contributed by atoms with Crippen LogP contribution in [0.4, 0.5) is 5.69 Å². The first kappa shape index (κ1) is 18.1. The van der Waals surface area contributed by atoms with Crippen molar-refractivity contribution in [3.05, 3.63) is 29.8 Å². The average Bonchev–Trinajstić information content (AvgIpc) is 2.98. The molecule has 2 aliphatic rings. The van der Waals surface area contributed by atoms with Gasteiger partial charge in [-0.05, 0) is 18.1 Å². The molecule has 0 spiro atoms. The molecule has 1 atom stereocenters. The summed E-state index contributed by atoms with van der Waals surface area (Å²) in [7, 11) is 0. The highest BCUT2D eigenvalue weighted by atomic mass is 35.5. The molecule has 2 aliphatic heterocycles. The van der Waals surface area contributed by atoms with E-state index >= 15 is 0 Å². The summed E-state index contributed by atoms with van der Waals surface area (Å²) in [6.45, 7) is 1.73. The second-order valence-electron chi connectivity index (χ2n) is 5.63. The van der Waals surface area contributed by atoms with Gasteiger partial charge in [0.15, 0.2) is 0 Å². The monoisotopic (exact) mass is 355 g/mol. The van der Waals surface area contributed by atoms with Crippen LogP contribution in [0.5, 0.6) is 0 Å². The highest BCUT2D eigenvalue weighted by Crippen LogP contribution is 2.27. The van der Waals surface area contributed by atoms with Crippen molar-refractivity contribution in [2.75, 3.05) is 36.0 Å². The first-order valence-corrected chi connectivity index (χ1v) is 8.85. The van der Waals surface area contributed by atoms with Gasteiger partial charge in [-0.2, -0.15) is 11.8 Å². The van der Waals surface area contributed by atoms with Gasteiger partial charge in [-0.15, -0.1) is 12.4 Å². The number of halogens is 1. The summed E-state index contributed by atoms with van der Waals surface area (Å²) in [5.41, 5.74) is 2.18. The number of benzene rings is 1. The lowest BCUT2D eigenvalue weighted by Crippen LogP contribution is -2.44. The van der Waals surface area contributed by atoms with E-state index in [1.165, 1.54) is 5.56 Å². The van der Waals surface area contributed by atoms with Crippen LogP contribution >= 0.6 is 24.2 Å². The molecule has 126 valence electrons. The quantitative estimate of drug-likeness (QED) is 0.852. The van der Waals surface area contributed by atoms with E-state index in [0.29, 0.717) is 13.0 Å². The van der Waals surface area contributed by atoms with Gasteiger partial charge in [-0.25, -0.2) is 0 Å². The van der Waals surface area contributed by atoms with Crippen molar-refractivity contribution in [3.63, 3.8) is 0 Å². The lowest BCUT2D eigenvalue weighted by atomic mass is 10.2. The molecule has 5 nitrogen and oxygen atoms in total. The van der Waals surface area contributed by atoms with Crippen LogP contribution in [-0.4, -0.2) is 49.0 Å². The van der Waals surface area contributed by atoms with Crippen LogP contribution in [-0.2, 0) is 16.0 Å². The van der Waals surface area contributed by atoms with Crippen molar-refractivity contribution < 1.29 is 9.59 Å². The predicted octanol–water partition coefficient (Wildman–Crippen LogP) is 1.21. The number of hydrogen-bond acceptors (Lipinski definition) is 4. The van der Waals surface area contributed by atoms with Crippen molar-refractivity contribution in [1.29, 1.82) is 0 Å². The molecule has 0 aliphatic carbocycles. The van der Waals surface area contributed by atoms with Gasteiger partial charge in [0.1, 0.15) is 0 Å². The minimum absolute atomic E-state index is 0. The molecular weight excluding hydrogens is 334 g/mol. The first-order chi connectivity index (χ1) is 10.7. The third-order valence-electron chi connectivity index (χ3n) is 4.06. The van der Waals surface area contributed by atoms with Gasteiger partial charge in [-0.3, -0.25) is 9.59 Å². The van der Waals surface area contributed by atoms with E-state index in [1.54, 1.807) is 4.90 Å². The highest BCUT2D eigenvalue weighted by molar-refractivity contribution is 7.99. The molecular formula is C16H22ClN3O2S. The Morgan fingerprint density at radius 1 is 1.35 bits per heavy atom. The molecule has 3 rings (SSSR count). The van der Waals surface area contributed by atoms with Gasteiger partial charge in [0, 0.05) is 42.7 Å². The predicted molar refractivity (Wildman–Crippen MR) is 96.5 cm³/mol. The number of nitrogens with zero attached hydrogens (tertiary/aromatic N) is 1. The molecule has 2 amide bonds. The number of carbonyl (C=O) groups excluding carboxylic acids is 2. The molecule has 1 aromatic carbocycles. The van der Waals surface area contributed by atoms with Crippen molar-refractivity contribution >= 4 is 41.7 Å². The average molecular weight is 356 g/mol. The fourth-order valence-corrected chi connectivity index (χ4v) is 3.86. The van der Waals surface area contributed by atoms with Crippen LogP contribution in [0, 0.1) is 0 Å². The Bertz CT molecular complexity index is 564. The molecule has 7 heteroatoms. The van der Waals surface area contributed by atoms with Gasteiger partial charge in [0.2, 0.25) is 11.8 Å². The second kappa shape index (κ2) is 8.57. The molecule has 1 unspecified atom stereocenters. The van der Waals surface area contributed by atoms with Gasteiger partial charge < -0.3 is 15.5 Å². The molecule has 1 fully saturated rings. The molecule has 0 bridgehead atoms. The van der Waals surface area contributed by atoms with Crippen molar-refractivity contribution in [2.24, 2.45) is 0 Å². The molecule has 0 radical (unpaired) electrons. The van der Waals surface area contributed by atoms with Gasteiger partial charge in [0.05, 0.1) is 6.54 Å². The Kier molecular flexibility index (Phi) is 6.74. The van der Waals surface area contributed by atoms with E-state index in [0.717, 1.165) is 30.2 Å². The normalized spacial score (nSPS) is 19.7. The Labute approximate surface area is 147 Å². The van der Waals surface area contributed by atoms with Crippen molar-refractivity contribution in [2.45, 2.75) is 18.9 Å². The van der Waals surface area contributed by atoms with Crippen LogP contribution in [0.15, 0.2) is 24.3 Å². The van der Waals surface area contributed by atoms with E-state index in [4.69, 9.17) is 0 Å². The minimum atomic E-state index is -0.0548. The highest BCUT2D eigenvalue weighted by Gasteiger charge is 2.24. The SMILES string of the molecule is Cl.O=C(CC1CSCCN1)NCC(=O)N1CCc2ccccc21. The maximum Gasteiger partial charge on any atom is 0.246 e. The summed E-state index contributed by atoms with van der Waals surface area (Å²) in [5, 5.41) is 6.09. The molecule has 2 N–H and O–H groups in total. The fraction of sp³-hybridized carbons (Fsp3) is 0.500. The zero-order valence-corrected chi connectivity index (χ0v) is 14.5. The number of rotatable bonds is 4. The maximum atomic E-state index is 12.3. The van der Waals surface area contributed by atoms with Crippen LogP contribution < -0.4 is 15.5 Å². The number of amides is 2. The first-order valence-electron chi connectivity index (χ1n) is 7.70. The van der Waals surface area contributed by atoms with Gasteiger partial charge in [-0.1, -0.05) is 18.2 Å². The molecule has 0 saturated carbocycles. The molecule has 1 aromatic rings. The lowest BCUT2D eigenvalue weighted by molar-refractivity contribution is -0.125. The number of hydrogen-bond donors (Lipinski definition) is 2. The zero-order chi connectivity index (χ0) is 15.4. The van der Waals surface area contributed by atoms with E-state index in [1.807, 2.05) is 36.0 Å². The second-order valence-corrected chi connectivity index (χ2v) is 6.78. The van der Waals surface area contributed by atoms with Gasteiger partial charge >= 0.3 is 0 Å².